The minimum absolute atomic E-state index is 0.351. The van der Waals surface area contributed by atoms with Crippen molar-refractivity contribution in [1.29, 1.82) is 5.26 Å². The standard InChI is InChI=1S/C12H17N5/c1-2-17(11-3-4-11)6-5-14-12-9-15-10(7-13)8-16-12/h8-9,11H,2-6H2,1H3,(H,14,16). The number of nitrogens with zero attached hydrogens (tertiary/aromatic N) is 4. The number of likely N-dealkylation sites (N-methyl/N-ethyl adjacent to an activating group) is 1. The van der Waals surface area contributed by atoms with Crippen molar-refractivity contribution in [3.05, 3.63) is 18.1 Å². The Morgan fingerprint density at radius 2 is 2.29 bits per heavy atom. The Morgan fingerprint density at radius 1 is 1.47 bits per heavy atom. The molecule has 1 aliphatic rings. The Labute approximate surface area is 101 Å². The molecule has 0 aromatic carbocycles. The SMILES string of the molecule is CCN(CCNc1cnc(C#N)cn1)C1CC1. The number of anilines is 1. The van der Waals surface area contributed by atoms with E-state index in [1.54, 1.807) is 6.20 Å². The summed E-state index contributed by atoms with van der Waals surface area (Å²) in [6, 6.07) is 2.75. The second kappa shape index (κ2) is 5.60. The first kappa shape index (κ1) is 11.8. The third kappa shape index (κ3) is 3.40. The van der Waals surface area contributed by atoms with Crippen LogP contribution in [-0.2, 0) is 0 Å². The van der Waals surface area contributed by atoms with Crippen LogP contribution in [0.3, 0.4) is 0 Å². The summed E-state index contributed by atoms with van der Waals surface area (Å²) in [5.74, 6) is 0.732. The quantitative estimate of drug-likeness (QED) is 0.798. The molecule has 90 valence electrons. The number of hydrogen-bond acceptors (Lipinski definition) is 5. The zero-order chi connectivity index (χ0) is 12.1. The van der Waals surface area contributed by atoms with Gasteiger partial charge < -0.3 is 5.32 Å². The summed E-state index contributed by atoms with van der Waals surface area (Å²) in [5, 5.41) is 11.8. The van der Waals surface area contributed by atoms with Gasteiger partial charge in [-0.25, -0.2) is 9.97 Å². The lowest BCUT2D eigenvalue weighted by atomic mass is 10.4. The molecule has 0 amide bonds. The van der Waals surface area contributed by atoms with Crippen molar-refractivity contribution >= 4 is 5.82 Å². The van der Waals surface area contributed by atoms with Gasteiger partial charge in [0, 0.05) is 19.1 Å². The molecule has 0 spiro atoms. The first-order valence-electron chi connectivity index (χ1n) is 6.03. The lowest BCUT2D eigenvalue weighted by Crippen LogP contribution is -2.31. The lowest BCUT2D eigenvalue weighted by Gasteiger charge is -2.19. The van der Waals surface area contributed by atoms with E-state index in [0.29, 0.717) is 5.69 Å². The minimum Gasteiger partial charge on any atom is -0.368 e. The summed E-state index contributed by atoms with van der Waals surface area (Å²) in [5.41, 5.74) is 0.351. The van der Waals surface area contributed by atoms with Crippen LogP contribution in [0.15, 0.2) is 12.4 Å². The van der Waals surface area contributed by atoms with Gasteiger partial charge in [-0.05, 0) is 19.4 Å². The van der Waals surface area contributed by atoms with Crippen LogP contribution >= 0.6 is 0 Å². The second-order valence-electron chi connectivity index (χ2n) is 4.19. The van der Waals surface area contributed by atoms with Crippen LogP contribution in [0.4, 0.5) is 5.82 Å². The van der Waals surface area contributed by atoms with Crippen LogP contribution in [0.2, 0.25) is 0 Å². The van der Waals surface area contributed by atoms with Gasteiger partial charge >= 0.3 is 0 Å². The first-order valence-corrected chi connectivity index (χ1v) is 6.03. The van der Waals surface area contributed by atoms with Crippen LogP contribution in [0, 0.1) is 11.3 Å². The third-order valence-corrected chi connectivity index (χ3v) is 2.94. The molecule has 1 N–H and O–H groups in total. The average Bonchev–Trinajstić information content (AvgIpc) is 3.20. The number of aromatic nitrogens is 2. The van der Waals surface area contributed by atoms with Crippen molar-refractivity contribution in [1.82, 2.24) is 14.9 Å². The molecule has 1 fully saturated rings. The smallest absolute Gasteiger partial charge is 0.158 e. The summed E-state index contributed by atoms with van der Waals surface area (Å²) in [6.07, 6.45) is 5.77. The third-order valence-electron chi connectivity index (χ3n) is 2.94. The molecule has 2 rings (SSSR count). The molecule has 1 aromatic heterocycles. The molecule has 0 radical (unpaired) electrons. The van der Waals surface area contributed by atoms with E-state index >= 15 is 0 Å². The molecule has 0 aliphatic heterocycles. The highest BCUT2D eigenvalue weighted by atomic mass is 15.2. The number of nitriles is 1. The summed E-state index contributed by atoms with van der Waals surface area (Å²) in [6.45, 7) is 5.19. The minimum atomic E-state index is 0.351. The molecule has 17 heavy (non-hydrogen) atoms. The molecule has 0 unspecified atom stereocenters. The molecule has 0 atom stereocenters. The molecule has 5 nitrogen and oxygen atoms in total. The van der Waals surface area contributed by atoms with Crippen molar-refractivity contribution in [2.45, 2.75) is 25.8 Å². The normalized spacial score (nSPS) is 14.6. The van der Waals surface area contributed by atoms with E-state index in [4.69, 9.17) is 5.26 Å². The van der Waals surface area contributed by atoms with Gasteiger partial charge in [0.15, 0.2) is 5.69 Å². The maximum Gasteiger partial charge on any atom is 0.158 e. The van der Waals surface area contributed by atoms with E-state index in [-0.39, 0.29) is 0 Å². The highest BCUT2D eigenvalue weighted by Crippen LogP contribution is 2.25. The summed E-state index contributed by atoms with van der Waals surface area (Å²) < 4.78 is 0. The van der Waals surface area contributed by atoms with Gasteiger partial charge in [0.05, 0.1) is 12.4 Å². The fraction of sp³-hybridized carbons (Fsp3) is 0.583. The Kier molecular flexibility index (Phi) is 3.89. The Hall–Kier alpha value is -1.67. The van der Waals surface area contributed by atoms with Crippen LogP contribution in [0.25, 0.3) is 0 Å². The van der Waals surface area contributed by atoms with Crippen LogP contribution in [0.1, 0.15) is 25.5 Å². The first-order chi connectivity index (χ1) is 8.33. The largest absolute Gasteiger partial charge is 0.368 e. The van der Waals surface area contributed by atoms with Crippen molar-refractivity contribution < 1.29 is 0 Å². The van der Waals surface area contributed by atoms with Gasteiger partial charge in [-0.3, -0.25) is 4.90 Å². The average molecular weight is 231 g/mol. The molecule has 1 heterocycles. The van der Waals surface area contributed by atoms with Crippen molar-refractivity contribution in [2.75, 3.05) is 25.0 Å². The van der Waals surface area contributed by atoms with Gasteiger partial charge in [0.25, 0.3) is 0 Å². The van der Waals surface area contributed by atoms with Gasteiger partial charge in [-0.1, -0.05) is 6.92 Å². The van der Waals surface area contributed by atoms with Crippen molar-refractivity contribution in [2.24, 2.45) is 0 Å². The summed E-state index contributed by atoms with van der Waals surface area (Å²) in [7, 11) is 0. The Balaban J connectivity index is 1.75. The topological polar surface area (TPSA) is 64.8 Å². The molecular formula is C12H17N5. The van der Waals surface area contributed by atoms with Gasteiger partial charge in [0.1, 0.15) is 11.9 Å². The summed E-state index contributed by atoms with van der Waals surface area (Å²) >= 11 is 0. The van der Waals surface area contributed by atoms with Gasteiger partial charge in [-0.15, -0.1) is 0 Å². The number of nitrogens with one attached hydrogen (secondary N) is 1. The maximum absolute atomic E-state index is 8.60. The lowest BCUT2D eigenvalue weighted by molar-refractivity contribution is 0.289. The second-order valence-corrected chi connectivity index (χ2v) is 4.19. The Bertz CT molecular complexity index is 390. The maximum atomic E-state index is 8.60. The van der Waals surface area contributed by atoms with Gasteiger partial charge in [0.2, 0.25) is 0 Å². The predicted octanol–water partition coefficient (Wildman–Crippen LogP) is 1.24. The van der Waals surface area contributed by atoms with Crippen molar-refractivity contribution in [3.8, 4) is 6.07 Å². The van der Waals surface area contributed by atoms with E-state index < -0.39 is 0 Å². The van der Waals surface area contributed by atoms with E-state index in [2.05, 4.69) is 27.1 Å². The molecule has 5 heteroatoms. The molecular weight excluding hydrogens is 214 g/mol. The fourth-order valence-corrected chi connectivity index (χ4v) is 1.84. The predicted molar refractivity (Wildman–Crippen MR) is 65.5 cm³/mol. The fourth-order valence-electron chi connectivity index (χ4n) is 1.84. The molecule has 1 saturated carbocycles. The van der Waals surface area contributed by atoms with E-state index in [1.165, 1.54) is 19.0 Å². The van der Waals surface area contributed by atoms with Crippen LogP contribution in [0.5, 0.6) is 0 Å². The van der Waals surface area contributed by atoms with E-state index in [9.17, 15) is 0 Å². The highest BCUT2D eigenvalue weighted by Gasteiger charge is 2.26. The number of rotatable bonds is 6. The van der Waals surface area contributed by atoms with Gasteiger partial charge in [-0.2, -0.15) is 5.26 Å². The monoisotopic (exact) mass is 231 g/mol. The number of hydrogen-bond donors (Lipinski definition) is 1. The molecule has 0 bridgehead atoms. The zero-order valence-electron chi connectivity index (χ0n) is 10.1. The molecule has 1 aromatic rings. The summed E-state index contributed by atoms with van der Waals surface area (Å²) in [4.78, 5) is 10.6. The molecule has 0 saturated heterocycles. The molecule has 1 aliphatic carbocycles. The van der Waals surface area contributed by atoms with E-state index in [1.807, 2.05) is 6.07 Å². The van der Waals surface area contributed by atoms with Crippen LogP contribution in [-0.4, -0.2) is 40.5 Å². The Morgan fingerprint density at radius 3 is 2.82 bits per heavy atom. The van der Waals surface area contributed by atoms with Crippen LogP contribution < -0.4 is 5.32 Å². The highest BCUT2D eigenvalue weighted by molar-refractivity contribution is 5.32. The van der Waals surface area contributed by atoms with E-state index in [0.717, 1.165) is 31.5 Å². The zero-order valence-corrected chi connectivity index (χ0v) is 10.1. The van der Waals surface area contributed by atoms with Crippen molar-refractivity contribution in [3.63, 3.8) is 0 Å².